The second kappa shape index (κ2) is 5.74. The van der Waals surface area contributed by atoms with Crippen LogP contribution in [0.3, 0.4) is 0 Å². The van der Waals surface area contributed by atoms with E-state index in [1.54, 1.807) is 0 Å². The first-order chi connectivity index (χ1) is 8.76. The van der Waals surface area contributed by atoms with E-state index < -0.39 is 5.97 Å². The smallest absolute Gasteiger partial charge is 0.358 e. The molecule has 0 aromatic carbocycles. The molecule has 0 amide bonds. The monoisotopic (exact) mass is 253 g/mol. The molecule has 1 unspecified atom stereocenters. The molecule has 0 aliphatic carbocycles. The minimum Gasteiger partial charge on any atom is -0.464 e. The molecule has 1 aromatic heterocycles. The van der Waals surface area contributed by atoms with Gasteiger partial charge in [-0.3, -0.25) is 0 Å². The molecule has 1 fully saturated rings. The second-order valence-corrected chi connectivity index (χ2v) is 3.86. The Labute approximate surface area is 104 Å². The molecule has 1 aromatic rings. The van der Waals surface area contributed by atoms with Crippen LogP contribution in [-0.4, -0.2) is 60.6 Å². The number of carbonyl (C=O) groups is 1. The summed E-state index contributed by atoms with van der Waals surface area (Å²) in [5.74, 6) is 0.0970. The molecule has 0 spiro atoms. The predicted molar refractivity (Wildman–Crippen MR) is 62.4 cm³/mol. The number of rotatable bonds is 3. The summed E-state index contributed by atoms with van der Waals surface area (Å²) in [5, 5.41) is 9.26. The van der Waals surface area contributed by atoms with Crippen molar-refractivity contribution in [3.63, 3.8) is 0 Å². The lowest BCUT2D eigenvalue weighted by molar-refractivity contribution is 0.0592. The number of morpholine rings is 1. The number of nitrogens with zero attached hydrogens (tertiary/aromatic N) is 3. The highest BCUT2D eigenvalue weighted by molar-refractivity contribution is 5.86. The van der Waals surface area contributed by atoms with Crippen molar-refractivity contribution in [2.45, 2.75) is 6.04 Å². The van der Waals surface area contributed by atoms with E-state index in [4.69, 9.17) is 4.74 Å². The highest BCUT2D eigenvalue weighted by atomic mass is 16.5. The van der Waals surface area contributed by atoms with E-state index in [2.05, 4.69) is 14.7 Å². The number of aliphatic hydroxyl groups excluding tert-OH is 1. The SMILES string of the molecule is COC(=O)c1cnc(N2CCOCC2CO)cn1. The molecule has 0 radical (unpaired) electrons. The third-order valence-corrected chi connectivity index (χ3v) is 2.77. The number of anilines is 1. The fourth-order valence-corrected chi connectivity index (χ4v) is 1.79. The summed E-state index contributed by atoms with van der Waals surface area (Å²) >= 11 is 0. The van der Waals surface area contributed by atoms with Gasteiger partial charge >= 0.3 is 5.97 Å². The van der Waals surface area contributed by atoms with Crippen molar-refractivity contribution in [2.75, 3.05) is 38.4 Å². The topological polar surface area (TPSA) is 84.8 Å². The van der Waals surface area contributed by atoms with Gasteiger partial charge in [-0.1, -0.05) is 0 Å². The van der Waals surface area contributed by atoms with Crippen molar-refractivity contribution in [2.24, 2.45) is 0 Å². The standard InChI is InChI=1S/C11H15N3O4/c1-17-11(16)9-4-13-10(5-12-9)14-2-3-18-7-8(14)6-15/h4-5,8,15H,2-3,6-7H2,1H3. The van der Waals surface area contributed by atoms with Gasteiger partial charge < -0.3 is 19.5 Å². The lowest BCUT2D eigenvalue weighted by Crippen LogP contribution is -2.48. The first kappa shape index (κ1) is 12.7. The van der Waals surface area contributed by atoms with E-state index in [0.29, 0.717) is 25.6 Å². The van der Waals surface area contributed by atoms with Crippen LogP contribution in [0.2, 0.25) is 0 Å². The third kappa shape index (κ3) is 2.57. The Hall–Kier alpha value is -1.73. The minimum atomic E-state index is -0.519. The number of carbonyl (C=O) groups excluding carboxylic acids is 1. The molecule has 1 saturated heterocycles. The number of methoxy groups -OCH3 is 1. The van der Waals surface area contributed by atoms with Gasteiger partial charge in [-0.05, 0) is 0 Å². The zero-order valence-corrected chi connectivity index (χ0v) is 10.1. The fraction of sp³-hybridized carbons (Fsp3) is 0.545. The zero-order chi connectivity index (χ0) is 13.0. The van der Waals surface area contributed by atoms with Gasteiger partial charge in [0.1, 0.15) is 5.82 Å². The number of hydrogen-bond acceptors (Lipinski definition) is 7. The van der Waals surface area contributed by atoms with Crippen LogP contribution in [0, 0.1) is 0 Å². The Balaban J connectivity index is 2.15. The van der Waals surface area contributed by atoms with Gasteiger partial charge in [-0.15, -0.1) is 0 Å². The first-order valence-corrected chi connectivity index (χ1v) is 5.62. The molecule has 0 bridgehead atoms. The summed E-state index contributed by atoms with van der Waals surface area (Å²) in [6.07, 6.45) is 2.87. The summed E-state index contributed by atoms with van der Waals surface area (Å²) in [6, 6.07) is -0.128. The Morgan fingerprint density at radius 1 is 1.61 bits per heavy atom. The summed E-state index contributed by atoms with van der Waals surface area (Å²) in [4.78, 5) is 21.3. The van der Waals surface area contributed by atoms with Crippen molar-refractivity contribution in [3.8, 4) is 0 Å². The average molecular weight is 253 g/mol. The van der Waals surface area contributed by atoms with Crippen molar-refractivity contribution in [1.82, 2.24) is 9.97 Å². The molecule has 2 heterocycles. The van der Waals surface area contributed by atoms with Gasteiger partial charge in [-0.25, -0.2) is 14.8 Å². The van der Waals surface area contributed by atoms with Crippen molar-refractivity contribution in [3.05, 3.63) is 18.1 Å². The lowest BCUT2D eigenvalue weighted by Gasteiger charge is -2.35. The maximum absolute atomic E-state index is 11.2. The Kier molecular flexibility index (Phi) is 4.06. The van der Waals surface area contributed by atoms with Crippen LogP contribution in [0.5, 0.6) is 0 Å². The van der Waals surface area contributed by atoms with Crippen LogP contribution < -0.4 is 4.90 Å². The highest BCUT2D eigenvalue weighted by Crippen LogP contribution is 2.16. The molecular weight excluding hydrogens is 238 g/mol. The molecule has 18 heavy (non-hydrogen) atoms. The number of hydrogen-bond donors (Lipinski definition) is 1. The Morgan fingerprint density at radius 2 is 2.44 bits per heavy atom. The van der Waals surface area contributed by atoms with Gasteiger partial charge in [-0.2, -0.15) is 0 Å². The second-order valence-electron chi connectivity index (χ2n) is 3.86. The predicted octanol–water partition coefficient (Wildman–Crippen LogP) is -0.539. The quantitative estimate of drug-likeness (QED) is 0.724. The summed E-state index contributed by atoms with van der Waals surface area (Å²) in [7, 11) is 1.29. The minimum absolute atomic E-state index is 0.0135. The number of aliphatic hydroxyl groups is 1. The summed E-state index contributed by atoms with van der Waals surface area (Å²) < 4.78 is 9.83. The van der Waals surface area contributed by atoms with E-state index in [-0.39, 0.29) is 18.3 Å². The molecule has 2 rings (SSSR count). The molecule has 98 valence electrons. The van der Waals surface area contributed by atoms with Crippen LogP contribution >= 0.6 is 0 Å². The summed E-state index contributed by atoms with van der Waals surface area (Å²) in [6.45, 7) is 1.66. The van der Waals surface area contributed by atoms with Gasteiger partial charge in [0.25, 0.3) is 0 Å². The van der Waals surface area contributed by atoms with Crippen LogP contribution in [0.1, 0.15) is 10.5 Å². The first-order valence-electron chi connectivity index (χ1n) is 5.62. The molecular formula is C11H15N3O4. The highest BCUT2D eigenvalue weighted by Gasteiger charge is 2.24. The third-order valence-electron chi connectivity index (χ3n) is 2.77. The van der Waals surface area contributed by atoms with Crippen LogP contribution in [0.4, 0.5) is 5.82 Å². The lowest BCUT2D eigenvalue weighted by atomic mass is 10.2. The Bertz CT molecular complexity index is 409. The normalized spacial score (nSPS) is 19.7. The molecule has 1 aliphatic heterocycles. The molecule has 7 nitrogen and oxygen atoms in total. The van der Waals surface area contributed by atoms with Gasteiger partial charge in [0.2, 0.25) is 0 Å². The molecule has 0 saturated carbocycles. The van der Waals surface area contributed by atoms with Crippen molar-refractivity contribution in [1.29, 1.82) is 0 Å². The maximum Gasteiger partial charge on any atom is 0.358 e. The van der Waals surface area contributed by atoms with E-state index >= 15 is 0 Å². The zero-order valence-electron chi connectivity index (χ0n) is 10.1. The van der Waals surface area contributed by atoms with Crippen LogP contribution in [0.25, 0.3) is 0 Å². The number of esters is 1. The van der Waals surface area contributed by atoms with Gasteiger partial charge in [0, 0.05) is 6.54 Å². The van der Waals surface area contributed by atoms with E-state index in [9.17, 15) is 9.90 Å². The Morgan fingerprint density at radius 3 is 3.06 bits per heavy atom. The van der Waals surface area contributed by atoms with E-state index in [0.717, 1.165) is 0 Å². The number of aromatic nitrogens is 2. The maximum atomic E-state index is 11.2. The molecule has 1 aliphatic rings. The molecule has 1 atom stereocenters. The largest absolute Gasteiger partial charge is 0.464 e. The molecule has 1 N–H and O–H groups in total. The van der Waals surface area contributed by atoms with Crippen LogP contribution in [0.15, 0.2) is 12.4 Å². The summed E-state index contributed by atoms with van der Waals surface area (Å²) in [5.41, 5.74) is 0.162. The molecule has 7 heteroatoms. The van der Waals surface area contributed by atoms with Crippen LogP contribution in [-0.2, 0) is 9.47 Å². The van der Waals surface area contributed by atoms with Gasteiger partial charge in [0.15, 0.2) is 5.69 Å². The average Bonchev–Trinajstić information content (AvgIpc) is 2.46. The van der Waals surface area contributed by atoms with E-state index in [1.165, 1.54) is 19.5 Å². The van der Waals surface area contributed by atoms with Crippen molar-refractivity contribution >= 4 is 11.8 Å². The van der Waals surface area contributed by atoms with Crippen molar-refractivity contribution < 1.29 is 19.4 Å². The van der Waals surface area contributed by atoms with E-state index in [1.807, 2.05) is 4.90 Å². The van der Waals surface area contributed by atoms with Gasteiger partial charge in [0.05, 0.1) is 45.4 Å². The fourth-order valence-electron chi connectivity index (χ4n) is 1.79. The number of ether oxygens (including phenoxy) is 2.